The van der Waals surface area contributed by atoms with Gasteiger partial charge < -0.3 is 5.73 Å². The first kappa shape index (κ1) is 13.2. The smallest absolute Gasteiger partial charge is 0.263 e. The SMILES string of the molecule is Nc1cc(F)cc(F)c1NS(=O)(=O)c1cccnc1. The van der Waals surface area contributed by atoms with E-state index in [0.717, 1.165) is 12.3 Å². The number of hydrogen-bond acceptors (Lipinski definition) is 4. The van der Waals surface area contributed by atoms with Gasteiger partial charge in [-0.05, 0) is 18.2 Å². The van der Waals surface area contributed by atoms with Crippen molar-refractivity contribution >= 4 is 21.4 Å². The number of anilines is 2. The standard InChI is InChI=1S/C11H9F2N3O2S/c12-7-4-9(13)11(10(14)5-7)16-19(17,18)8-2-1-3-15-6-8/h1-6,16H,14H2. The molecule has 0 atom stereocenters. The molecule has 0 saturated carbocycles. The molecule has 0 amide bonds. The molecule has 0 bridgehead atoms. The lowest BCUT2D eigenvalue weighted by Gasteiger charge is -2.11. The molecule has 0 radical (unpaired) electrons. The van der Waals surface area contributed by atoms with E-state index in [4.69, 9.17) is 5.73 Å². The minimum absolute atomic E-state index is 0.155. The van der Waals surface area contributed by atoms with Gasteiger partial charge in [0.2, 0.25) is 0 Å². The molecule has 1 heterocycles. The first-order valence-corrected chi connectivity index (χ1v) is 6.56. The van der Waals surface area contributed by atoms with Gasteiger partial charge in [-0.2, -0.15) is 0 Å². The Morgan fingerprint density at radius 3 is 2.58 bits per heavy atom. The second-order valence-electron chi connectivity index (χ2n) is 3.65. The molecule has 100 valence electrons. The van der Waals surface area contributed by atoms with E-state index in [9.17, 15) is 17.2 Å². The Balaban J connectivity index is 2.42. The summed E-state index contributed by atoms with van der Waals surface area (Å²) in [6.07, 6.45) is 2.49. The van der Waals surface area contributed by atoms with Crippen molar-refractivity contribution in [1.29, 1.82) is 0 Å². The number of sulfonamides is 1. The number of nitrogen functional groups attached to an aromatic ring is 1. The number of hydrogen-bond donors (Lipinski definition) is 2. The van der Waals surface area contributed by atoms with Crippen LogP contribution in [0.4, 0.5) is 20.2 Å². The zero-order chi connectivity index (χ0) is 14.0. The molecule has 5 nitrogen and oxygen atoms in total. The van der Waals surface area contributed by atoms with E-state index in [1.54, 1.807) is 0 Å². The fourth-order valence-electron chi connectivity index (χ4n) is 1.40. The number of rotatable bonds is 3. The van der Waals surface area contributed by atoms with Crippen LogP contribution in [0.5, 0.6) is 0 Å². The molecule has 0 spiro atoms. The number of aromatic nitrogens is 1. The summed E-state index contributed by atoms with van der Waals surface area (Å²) in [5.41, 5.74) is 4.55. The Hall–Kier alpha value is -2.22. The highest BCUT2D eigenvalue weighted by atomic mass is 32.2. The van der Waals surface area contributed by atoms with Gasteiger partial charge in [-0.3, -0.25) is 9.71 Å². The fourth-order valence-corrected chi connectivity index (χ4v) is 2.46. The average molecular weight is 285 g/mol. The third-order valence-corrected chi connectivity index (χ3v) is 3.60. The van der Waals surface area contributed by atoms with E-state index < -0.39 is 27.3 Å². The van der Waals surface area contributed by atoms with Crippen LogP contribution in [0.3, 0.4) is 0 Å². The highest BCUT2D eigenvalue weighted by Gasteiger charge is 2.19. The predicted molar refractivity (Wildman–Crippen MR) is 65.8 cm³/mol. The van der Waals surface area contributed by atoms with Crippen LogP contribution in [0.25, 0.3) is 0 Å². The highest BCUT2D eigenvalue weighted by Crippen LogP contribution is 2.26. The summed E-state index contributed by atoms with van der Waals surface area (Å²) in [4.78, 5) is 3.49. The highest BCUT2D eigenvalue weighted by molar-refractivity contribution is 7.92. The summed E-state index contributed by atoms with van der Waals surface area (Å²) in [6.45, 7) is 0. The maximum Gasteiger partial charge on any atom is 0.263 e. The van der Waals surface area contributed by atoms with Crippen LogP contribution in [0.1, 0.15) is 0 Å². The molecule has 0 aliphatic heterocycles. The van der Waals surface area contributed by atoms with Crippen molar-refractivity contribution in [3.05, 3.63) is 48.3 Å². The molecule has 8 heteroatoms. The van der Waals surface area contributed by atoms with Gasteiger partial charge in [0, 0.05) is 18.5 Å². The molecule has 1 aromatic carbocycles. The van der Waals surface area contributed by atoms with Gasteiger partial charge in [0.05, 0.1) is 5.69 Å². The van der Waals surface area contributed by atoms with Crippen LogP contribution in [-0.2, 0) is 10.0 Å². The van der Waals surface area contributed by atoms with Gasteiger partial charge in [0.15, 0.2) is 5.82 Å². The molecule has 0 unspecified atom stereocenters. The van der Waals surface area contributed by atoms with Crippen LogP contribution in [0, 0.1) is 11.6 Å². The Morgan fingerprint density at radius 1 is 1.26 bits per heavy atom. The molecule has 0 saturated heterocycles. The van der Waals surface area contributed by atoms with E-state index in [1.807, 2.05) is 4.72 Å². The summed E-state index contributed by atoms with van der Waals surface area (Å²) in [7, 11) is -4.03. The molecule has 3 N–H and O–H groups in total. The van der Waals surface area contributed by atoms with Gasteiger partial charge in [0.1, 0.15) is 16.4 Å². The van der Waals surface area contributed by atoms with Gasteiger partial charge in [-0.15, -0.1) is 0 Å². The van der Waals surface area contributed by atoms with Crippen LogP contribution in [0.2, 0.25) is 0 Å². The Kier molecular flexibility index (Phi) is 3.34. The number of halogens is 2. The minimum atomic E-state index is -4.03. The third kappa shape index (κ3) is 2.79. The van der Waals surface area contributed by atoms with Crippen molar-refractivity contribution in [1.82, 2.24) is 4.98 Å². The van der Waals surface area contributed by atoms with E-state index >= 15 is 0 Å². The molecule has 2 rings (SSSR count). The monoisotopic (exact) mass is 285 g/mol. The van der Waals surface area contributed by atoms with Gasteiger partial charge >= 0.3 is 0 Å². The maximum atomic E-state index is 13.5. The van der Waals surface area contributed by atoms with Crippen LogP contribution < -0.4 is 10.5 Å². The quantitative estimate of drug-likeness (QED) is 0.841. The summed E-state index contributed by atoms with van der Waals surface area (Å²) in [6, 6.07) is 4.06. The Labute approximate surface area is 108 Å². The molecular formula is C11H9F2N3O2S. The molecule has 1 aromatic heterocycles. The molecule has 0 fully saturated rings. The maximum absolute atomic E-state index is 13.5. The zero-order valence-corrected chi connectivity index (χ0v) is 10.3. The van der Waals surface area contributed by atoms with Crippen LogP contribution in [-0.4, -0.2) is 13.4 Å². The minimum Gasteiger partial charge on any atom is -0.397 e. The van der Waals surface area contributed by atoms with E-state index in [1.165, 1.54) is 18.3 Å². The van der Waals surface area contributed by atoms with Gasteiger partial charge in [-0.1, -0.05) is 0 Å². The van der Waals surface area contributed by atoms with Crippen LogP contribution in [0.15, 0.2) is 41.6 Å². The third-order valence-electron chi connectivity index (χ3n) is 2.27. The second-order valence-corrected chi connectivity index (χ2v) is 5.33. The van der Waals surface area contributed by atoms with Crippen molar-refractivity contribution in [2.75, 3.05) is 10.5 Å². The lowest BCUT2D eigenvalue weighted by Crippen LogP contribution is -2.15. The summed E-state index contributed by atoms with van der Waals surface area (Å²) >= 11 is 0. The molecule has 19 heavy (non-hydrogen) atoms. The van der Waals surface area contributed by atoms with Crippen molar-refractivity contribution in [2.45, 2.75) is 4.90 Å². The van der Waals surface area contributed by atoms with Crippen molar-refractivity contribution < 1.29 is 17.2 Å². The largest absolute Gasteiger partial charge is 0.397 e. The lowest BCUT2D eigenvalue weighted by molar-refractivity contribution is 0.583. The number of nitrogens with two attached hydrogens (primary N) is 1. The van der Waals surface area contributed by atoms with Gasteiger partial charge in [0.25, 0.3) is 10.0 Å². The first-order chi connectivity index (χ1) is 8.90. The second kappa shape index (κ2) is 4.81. The number of benzene rings is 1. The molecular weight excluding hydrogens is 276 g/mol. The Morgan fingerprint density at radius 2 is 2.00 bits per heavy atom. The Bertz CT molecular complexity index is 682. The van der Waals surface area contributed by atoms with Crippen LogP contribution >= 0.6 is 0 Å². The van der Waals surface area contributed by atoms with Crippen molar-refractivity contribution in [3.63, 3.8) is 0 Å². The fraction of sp³-hybridized carbons (Fsp3) is 0. The summed E-state index contributed by atoms with van der Waals surface area (Å²) in [5, 5.41) is 0. The number of pyridine rings is 1. The topological polar surface area (TPSA) is 85.1 Å². The molecule has 0 aliphatic carbocycles. The predicted octanol–water partition coefficient (Wildman–Crippen LogP) is 1.74. The first-order valence-electron chi connectivity index (χ1n) is 5.07. The average Bonchev–Trinajstić information content (AvgIpc) is 2.35. The molecule has 2 aromatic rings. The number of nitrogens with one attached hydrogen (secondary N) is 1. The summed E-state index contributed by atoms with van der Waals surface area (Å²) in [5.74, 6) is -1.98. The van der Waals surface area contributed by atoms with E-state index in [2.05, 4.69) is 4.98 Å². The van der Waals surface area contributed by atoms with E-state index in [-0.39, 0.29) is 10.6 Å². The summed E-state index contributed by atoms with van der Waals surface area (Å²) < 4.78 is 52.2. The molecule has 0 aliphatic rings. The lowest BCUT2D eigenvalue weighted by atomic mass is 10.2. The van der Waals surface area contributed by atoms with Gasteiger partial charge in [-0.25, -0.2) is 17.2 Å². The van der Waals surface area contributed by atoms with Crippen molar-refractivity contribution in [3.8, 4) is 0 Å². The zero-order valence-electron chi connectivity index (χ0n) is 9.47. The van der Waals surface area contributed by atoms with Crippen molar-refractivity contribution in [2.24, 2.45) is 0 Å². The number of nitrogens with zero attached hydrogens (tertiary/aromatic N) is 1. The van der Waals surface area contributed by atoms with E-state index in [0.29, 0.717) is 6.07 Å². The normalized spacial score (nSPS) is 11.3.